The van der Waals surface area contributed by atoms with Crippen molar-refractivity contribution in [3.05, 3.63) is 60.4 Å². The van der Waals surface area contributed by atoms with Crippen LogP contribution < -0.4 is 9.64 Å². The van der Waals surface area contributed by atoms with E-state index in [-0.39, 0.29) is 17.6 Å². The lowest BCUT2D eigenvalue weighted by Gasteiger charge is -2.43. The molecule has 6 rings (SSSR count). The molecule has 14 heteroatoms. The largest absolute Gasteiger partial charge is 0.494 e. The Kier molecular flexibility index (Phi) is 6.21. The first-order chi connectivity index (χ1) is 19.4. The summed E-state index contributed by atoms with van der Waals surface area (Å²) in [5, 5.41) is 17.1. The highest BCUT2D eigenvalue weighted by molar-refractivity contribution is 6.45. The van der Waals surface area contributed by atoms with Crippen LogP contribution in [-0.4, -0.2) is 93.8 Å². The van der Waals surface area contributed by atoms with Gasteiger partial charge in [-0.25, -0.2) is 14.6 Å². The van der Waals surface area contributed by atoms with Gasteiger partial charge in [0.25, 0.3) is 17.6 Å². The quantitative estimate of drug-likeness (QED) is 0.248. The van der Waals surface area contributed by atoms with Gasteiger partial charge in [0.15, 0.2) is 5.82 Å². The number of Topliss-reactive ketones (excluding diaryl/α,β-unsaturated/α-hetero) is 1. The fourth-order valence-electron chi connectivity index (χ4n) is 5.09. The third-order valence-corrected chi connectivity index (χ3v) is 7.09. The van der Waals surface area contributed by atoms with Crippen LogP contribution in [0.1, 0.15) is 30.0 Å². The molecule has 1 N–H and O–H groups in total. The average molecular weight is 542 g/mol. The lowest BCUT2D eigenvalue weighted by atomic mass is 10.0. The number of nitrogens with zero attached hydrogens (tertiary/aromatic N) is 10. The highest BCUT2D eigenvalue weighted by Gasteiger charge is 2.38. The minimum absolute atomic E-state index is 0.148. The standard InChI is InChI=1S/C26H27N11O3/c1-15-13-35(26-30-32-33-37(26)18-8-6-5-7-9-18)16(2)12-34(15)25(39)23(38)19-10-27-22-21(19)20(40-4)11-28-24(22)36-14-29-17(3)31-36/h5-11,14-16,27H,12-13H2,1-4H3/t15-,16+/m1/s1. The molecule has 0 aliphatic carbocycles. The number of ether oxygens (including phenoxy) is 1. The molecule has 1 aliphatic rings. The normalized spacial score (nSPS) is 17.4. The molecule has 5 aromatic rings. The number of methoxy groups -OCH3 is 1. The van der Waals surface area contributed by atoms with Crippen LogP contribution in [0.15, 0.2) is 49.1 Å². The van der Waals surface area contributed by atoms with E-state index >= 15 is 0 Å². The number of carbonyl (C=O) groups excluding carboxylic acids is 2. The number of anilines is 1. The zero-order valence-electron chi connectivity index (χ0n) is 22.4. The van der Waals surface area contributed by atoms with Gasteiger partial charge in [-0.1, -0.05) is 23.3 Å². The molecular weight excluding hydrogens is 514 g/mol. The van der Waals surface area contributed by atoms with Crippen molar-refractivity contribution in [2.24, 2.45) is 0 Å². The lowest BCUT2D eigenvalue weighted by molar-refractivity contribution is -0.129. The van der Waals surface area contributed by atoms with Gasteiger partial charge < -0.3 is 19.5 Å². The predicted molar refractivity (Wildman–Crippen MR) is 144 cm³/mol. The molecule has 0 saturated carbocycles. The number of hydrogen-bond donors (Lipinski definition) is 1. The Morgan fingerprint density at radius 2 is 1.88 bits per heavy atom. The summed E-state index contributed by atoms with van der Waals surface area (Å²) >= 11 is 0. The van der Waals surface area contributed by atoms with Crippen LogP contribution in [-0.2, 0) is 4.79 Å². The molecule has 4 aromatic heterocycles. The summed E-state index contributed by atoms with van der Waals surface area (Å²) in [6.45, 7) is 6.42. The number of aromatic amines is 1. The van der Waals surface area contributed by atoms with Gasteiger partial charge in [-0.05, 0) is 43.3 Å². The Balaban J connectivity index is 1.28. The minimum Gasteiger partial charge on any atom is -0.494 e. The Bertz CT molecular complexity index is 1710. The molecule has 5 heterocycles. The van der Waals surface area contributed by atoms with Crippen LogP contribution in [0, 0.1) is 6.92 Å². The summed E-state index contributed by atoms with van der Waals surface area (Å²) in [6.07, 6.45) is 4.55. The first-order valence-corrected chi connectivity index (χ1v) is 12.8. The Morgan fingerprint density at radius 3 is 2.60 bits per heavy atom. The molecule has 0 radical (unpaired) electrons. The van der Waals surface area contributed by atoms with E-state index in [2.05, 4.69) is 40.5 Å². The smallest absolute Gasteiger partial charge is 0.295 e. The van der Waals surface area contributed by atoms with Gasteiger partial charge in [-0.3, -0.25) is 9.59 Å². The Morgan fingerprint density at radius 1 is 1.07 bits per heavy atom. The van der Waals surface area contributed by atoms with E-state index < -0.39 is 11.7 Å². The number of nitrogens with one attached hydrogen (secondary N) is 1. The van der Waals surface area contributed by atoms with Gasteiger partial charge in [-0.2, -0.15) is 9.78 Å². The molecule has 14 nitrogen and oxygen atoms in total. The van der Waals surface area contributed by atoms with Crippen molar-refractivity contribution >= 4 is 28.5 Å². The maximum Gasteiger partial charge on any atom is 0.295 e. The number of aryl methyl sites for hydroxylation is 1. The second-order valence-corrected chi connectivity index (χ2v) is 9.70. The fourth-order valence-corrected chi connectivity index (χ4v) is 5.09. The van der Waals surface area contributed by atoms with Crippen molar-refractivity contribution < 1.29 is 14.3 Å². The van der Waals surface area contributed by atoms with Crippen LogP contribution in [0.2, 0.25) is 0 Å². The second kappa shape index (κ2) is 9.87. The van der Waals surface area contributed by atoms with Crippen LogP contribution in [0.4, 0.5) is 5.95 Å². The maximum absolute atomic E-state index is 13.7. The van der Waals surface area contributed by atoms with Gasteiger partial charge in [0, 0.05) is 31.4 Å². The molecule has 1 aliphatic heterocycles. The second-order valence-electron chi connectivity index (χ2n) is 9.70. The van der Waals surface area contributed by atoms with E-state index in [0.717, 1.165) is 5.69 Å². The summed E-state index contributed by atoms with van der Waals surface area (Å²) in [5.74, 6) is 0.719. The summed E-state index contributed by atoms with van der Waals surface area (Å²) in [7, 11) is 1.49. The average Bonchev–Trinajstić information content (AvgIpc) is 3.73. The highest BCUT2D eigenvalue weighted by Crippen LogP contribution is 2.32. The zero-order chi connectivity index (χ0) is 28.0. The zero-order valence-corrected chi connectivity index (χ0v) is 22.4. The Hall–Kier alpha value is -5.14. The first kappa shape index (κ1) is 25.2. The van der Waals surface area contributed by atoms with Crippen LogP contribution in [0.25, 0.3) is 22.4 Å². The molecule has 0 bridgehead atoms. The first-order valence-electron chi connectivity index (χ1n) is 12.8. The summed E-state index contributed by atoms with van der Waals surface area (Å²) in [4.78, 5) is 42.7. The lowest BCUT2D eigenvalue weighted by Crippen LogP contribution is -2.60. The number of tetrazole rings is 1. The molecule has 1 amide bonds. The molecule has 0 spiro atoms. The van der Waals surface area contributed by atoms with Gasteiger partial charge in [-0.15, -0.1) is 0 Å². The summed E-state index contributed by atoms with van der Waals surface area (Å²) in [5.41, 5.74) is 1.55. The van der Waals surface area contributed by atoms with Gasteiger partial charge in [0.05, 0.1) is 35.5 Å². The van der Waals surface area contributed by atoms with Crippen LogP contribution in [0.5, 0.6) is 5.75 Å². The van der Waals surface area contributed by atoms with E-state index in [4.69, 9.17) is 4.74 Å². The van der Waals surface area contributed by atoms with E-state index in [1.807, 2.05) is 44.2 Å². The van der Waals surface area contributed by atoms with Gasteiger partial charge >= 0.3 is 0 Å². The molecular formula is C26H27N11O3. The maximum atomic E-state index is 13.7. The van der Waals surface area contributed by atoms with Crippen LogP contribution >= 0.6 is 0 Å². The van der Waals surface area contributed by atoms with Crippen LogP contribution in [0.3, 0.4) is 0 Å². The molecule has 40 heavy (non-hydrogen) atoms. The molecule has 0 unspecified atom stereocenters. The van der Waals surface area contributed by atoms with Crippen molar-refractivity contribution in [1.82, 2.24) is 49.8 Å². The minimum atomic E-state index is -0.641. The number of hydrogen-bond acceptors (Lipinski definition) is 10. The molecule has 204 valence electrons. The number of benzene rings is 1. The number of amides is 1. The van der Waals surface area contributed by atoms with E-state index in [1.54, 1.807) is 16.5 Å². The molecule has 2 atom stereocenters. The number of pyridine rings is 1. The Labute approximate surface area is 228 Å². The van der Waals surface area contributed by atoms with Gasteiger partial charge in [0.2, 0.25) is 0 Å². The number of rotatable bonds is 6. The predicted octanol–water partition coefficient (Wildman–Crippen LogP) is 1.74. The van der Waals surface area contributed by atoms with E-state index in [1.165, 1.54) is 30.5 Å². The van der Waals surface area contributed by atoms with Crippen molar-refractivity contribution in [3.63, 3.8) is 0 Å². The number of piperazine rings is 1. The van der Waals surface area contributed by atoms with Crippen molar-refractivity contribution in [3.8, 4) is 17.3 Å². The van der Waals surface area contributed by atoms with E-state index in [9.17, 15) is 9.59 Å². The molecule has 1 fully saturated rings. The van der Waals surface area contributed by atoms with E-state index in [0.29, 0.717) is 47.3 Å². The highest BCUT2D eigenvalue weighted by atomic mass is 16.5. The monoisotopic (exact) mass is 541 g/mol. The summed E-state index contributed by atoms with van der Waals surface area (Å²) in [6, 6.07) is 9.18. The van der Waals surface area contributed by atoms with Crippen molar-refractivity contribution in [2.45, 2.75) is 32.9 Å². The molecule has 1 saturated heterocycles. The van der Waals surface area contributed by atoms with Gasteiger partial charge in [0.1, 0.15) is 17.9 Å². The third-order valence-electron chi connectivity index (χ3n) is 7.09. The number of H-pyrrole nitrogens is 1. The summed E-state index contributed by atoms with van der Waals surface area (Å²) < 4.78 is 8.69. The van der Waals surface area contributed by atoms with Crippen molar-refractivity contribution in [1.29, 1.82) is 0 Å². The fraction of sp³-hybridized carbons (Fsp3) is 0.308. The number of aromatic nitrogens is 9. The number of carbonyl (C=O) groups is 2. The molecule has 1 aromatic carbocycles. The number of ketones is 1. The number of fused-ring (bicyclic) bond motifs is 1. The topological polar surface area (TPSA) is 153 Å². The SMILES string of the molecule is COc1cnc(-n2cnc(C)n2)c2[nH]cc(C(=O)C(=O)N3C[C@H](C)N(c4nnnn4-c4ccccc4)C[C@H]3C)c12. The number of para-hydroxylation sites is 1. The third kappa shape index (κ3) is 4.13. The van der Waals surface area contributed by atoms with Crippen molar-refractivity contribution in [2.75, 3.05) is 25.1 Å².